The van der Waals surface area contributed by atoms with Crippen molar-refractivity contribution in [3.8, 4) is 0 Å². The van der Waals surface area contributed by atoms with Crippen LogP contribution in [0.2, 0.25) is 5.02 Å². The van der Waals surface area contributed by atoms with Gasteiger partial charge >= 0.3 is 0 Å². The first-order valence-electron chi connectivity index (χ1n) is 5.31. The van der Waals surface area contributed by atoms with Crippen molar-refractivity contribution in [2.45, 2.75) is 25.8 Å². The molecule has 0 saturated carbocycles. The van der Waals surface area contributed by atoms with Crippen LogP contribution >= 0.6 is 11.6 Å². The summed E-state index contributed by atoms with van der Waals surface area (Å²) in [5.41, 5.74) is 2.07. The quantitative estimate of drug-likeness (QED) is 0.766. The zero-order valence-electron chi connectivity index (χ0n) is 9.69. The van der Waals surface area contributed by atoms with E-state index >= 15 is 0 Å². The Labute approximate surface area is 101 Å². The third kappa shape index (κ3) is 3.62. The van der Waals surface area contributed by atoms with Gasteiger partial charge in [0.05, 0.1) is 0 Å². The molecule has 0 aliphatic carbocycles. The molecule has 16 heavy (non-hydrogen) atoms. The van der Waals surface area contributed by atoms with Crippen molar-refractivity contribution in [1.82, 2.24) is 5.32 Å². The maximum Gasteiger partial charge on any atom is 0.124 e. The second-order valence-electron chi connectivity index (χ2n) is 4.00. The largest absolute Gasteiger partial charge is 0.313 e. The highest BCUT2D eigenvalue weighted by Crippen LogP contribution is 2.27. The SMILES string of the molecule is C=C(C)CCC(NC)c1ccc(F)cc1Cl. The van der Waals surface area contributed by atoms with Crippen LogP contribution in [0.15, 0.2) is 30.4 Å². The summed E-state index contributed by atoms with van der Waals surface area (Å²) in [5.74, 6) is -0.302. The normalized spacial score (nSPS) is 12.5. The molecule has 0 bridgehead atoms. The van der Waals surface area contributed by atoms with E-state index in [9.17, 15) is 4.39 Å². The van der Waals surface area contributed by atoms with E-state index in [-0.39, 0.29) is 11.9 Å². The lowest BCUT2D eigenvalue weighted by Crippen LogP contribution is -2.16. The van der Waals surface area contributed by atoms with Gasteiger partial charge in [-0.3, -0.25) is 0 Å². The lowest BCUT2D eigenvalue weighted by atomic mass is 10.00. The Hall–Kier alpha value is -0.860. The molecule has 0 fully saturated rings. The Morgan fingerprint density at radius 2 is 2.25 bits per heavy atom. The van der Waals surface area contributed by atoms with Crippen LogP contribution in [0.5, 0.6) is 0 Å². The summed E-state index contributed by atoms with van der Waals surface area (Å²) in [5, 5.41) is 3.66. The summed E-state index contributed by atoms with van der Waals surface area (Å²) in [7, 11) is 1.88. The fourth-order valence-electron chi connectivity index (χ4n) is 1.63. The summed E-state index contributed by atoms with van der Waals surface area (Å²) in [4.78, 5) is 0. The average molecular weight is 242 g/mol. The molecule has 1 N–H and O–H groups in total. The van der Waals surface area contributed by atoms with Crippen molar-refractivity contribution in [2.75, 3.05) is 7.05 Å². The molecule has 0 aliphatic heterocycles. The third-order valence-corrected chi connectivity index (χ3v) is 2.87. The van der Waals surface area contributed by atoms with E-state index in [2.05, 4.69) is 11.9 Å². The molecule has 3 heteroatoms. The minimum Gasteiger partial charge on any atom is -0.313 e. The molecule has 1 aromatic rings. The number of hydrogen-bond acceptors (Lipinski definition) is 1. The van der Waals surface area contributed by atoms with Gasteiger partial charge in [0.25, 0.3) is 0 Å². The van der Waals surface area contributed by atoms with Gasteiger partial charge in [-0.25, -0.2) is 4.39 Å². The van der Waals surface area contributed by atoms with Crippen molar-refractivity contribution in [2.24, 2.45) is 0 Å². The predicted octanol–water partition coefficient (Wildman–Crippen LogP) is 4.10. The Morgan fingerprint density at radius 1 is 1.56 bits per heavy atom. The monoisotopic (exact) mass is 241 g/mol. The summed E-state index contributed by atoms with van der Waals surface area (Å²) in [6.45, 7) is 5.87. The van der Waals surface area contributed by atoms with Gasteiger partial charge in [0.15, 0.2) is 0 Å². The number of benzene rings is 1. The first-order chi connectivity index (χ1) is 7.54. The van der Waals surface area contributed by atoms with E-state index in [4.69, 9.17) is 11.6 Å². The van der Waals surface area contributed by atoms with Crippen LogP contribution in [0.25, 0.3) is 0 Å². The van der Waals surface area contributed by atoms with Gasteiger partial charge in [-0.05, 0) is 44.5 Å². The lowest BCUT2D eigenvalue weighted by molar-refractivity contribution is 0.546. The van der Waals surface area contributed by atoms with E-state index in [1.54, 1.807) is 6.07 Å². The van der Waals surface area contributed by atoms with E-state index in [1.165, 1.54) is 12.1 Å². The van der Waals surface area contributed by atoms with Crippen LogP contribution in [0.4, 0.5) is 4.39 Å². The van der Waals surface area contributed by atoms with E-state index < -0.39 is 0 Å². The van der Waals surface area contributed by atoms with Crippen LogP contribution in [-0.2, 0) is 0 Å². The fraction of sp³-hybridized carbons (Fsp3) is 0.385. The number of nitrogens with one attached hydrogen (secondary N) is 1. The first kappa shape index (κ1) is 13.2. The van der Waals surface area contributed by atoms with Crippen LogP contribution in [-0.4, -0.2) is 7.05 Å². The molecule has 1 nitrogen and oxygen atoms in total. The zero-order chi connectivity index (χ0) is 12.1. The van der Waals surface area contributed by atoms with E-state index in [0.717, 1.165) is 24.0 Å². The van der Waals surface area contributed by atoms with Crippen LogP contribution in [0.1, 0.15) is 31.4 Å². The number of halogens is 2. The molecule has 0 heterocycles. The Kier molecular flexibility index (Phi) is 4.97. The minimum absolute atomic E-state index is 0.143. The van der Waals surface area contributed by atoms with E-state index in [0.29, 0.717) is 5.02 Å². The average Bonchev–Trinajstić information content (AvgIpc) is 2.21. The Balaban J connectivity index is 2.82. The van der Waals surface area contributed by atoms with Crippen LogP contribution in [0, 0.1) is 5.82 Å². The minimum atomic E-state index is -0.302. The number of allylic oxidation sites excluding steroid dienone is 1. The van der Waals surface area contributed by atoms with Gasteiger partial charge in [-0.15, -0.1) is 6.58 Å². The Bertz CT molecular complexity index is 376. The van der Waals surface area contributed by atoms with Gasteiger partial charge in [-0.1, -0.05) is 23.2 Å². The van der Waals surface area contributed by atoms with Crippen LogP contribution in [0.3, 0.4) is 0 Å². The van der Waals surface area contributed by atoms with Gasteiger partial charge in [-0.2, -0.15) is 0 Å². The zero-order valence-corrected chi connectivity index (χ0v) is 10.4. The number of hydrogen-bond donors (Lipinski definition) is 1. The van der Waals surface area contributed by atoms with Gasteiger partial charge in [0.1, 0.15) is 5.82 Å². The molecule has 0 saturated heterocycles. The topological polar surface area (TPSA) is 12.0 Å². The van der Waals surface area contributed by atoms with Crippen LogP contribution < -0.4 is 5.32 Å². The molecular weight excluding hydrogens is 225 g/mol. The van der Waals surface area contributed by atoms with Crippen molar-refractivity contribution in [1.29, 1.82) is 0 Å². The second-order valence-corrected chi connectivity index (χ2v) is 4.41. The number of rotatable bonds is 5. The molecule has 1 rings (SSSR count). The van der Waals surface area contributed by atoms with Gasteiger partial charge in [0.2, 0.25) is 0 Å². The van der Waals surface area contributed by atoms with Crippen molar-refractivity contribution >= 4 is 11.6 Å². The van der Waals surface area contributed by atoms with Gasteiger partial charge in [0, 0.05) is 11.1 Å². The molecule has 0 amide bonds. The summed E-state index contributed by atoms with van der Waals surface area (Å²) >= 11 is 6.02. The van der Waals surface area contributed by atoms with E-state index in [1.807, 2.05) is 14.0 Å². The molecule has 1 unspecified atom stereocenters. The molecule has 0 radical (unpaired) electrons. The third-order valence-electron chi connectivity index (χ3n) is 2.55. The molecule has 0 aliphatic rings. The maximum atomic E-state index is 12.9. The highest BCUT2D eigenvalue weighted by atomic mass is 35.5. The lowest BCUT2D eigenvalue weighted by Gasteiger charge is -2.18. The van der Waals surface area contributed by atoms with Gasteiger partial charge < -0.3 is 5.32 Å². The standard InChI is InChI=1S/C13H17ClFN/c1-9(2)4-7-13(16-3)11-6-5-10(15)8-12(11)14/h5-6,8,13,16H,1,4,7H2,2-3H3. The highest BCUT2D eigenvalue weighted by Gasteiger charge is 2.13. The molecule has 88 valence electrons. The summed E-state index contributed by atoms with van der Waals surface area (Å²) in [6, 6.07) is 4.66. The predicted molar refractivity (Wildman–Crippen MR) is 67.3 cm³/mol. The Morgan fingerprint density at radius 3 is 2.75 bits per heavy atom. The fourth-order valence-corrected chi connectivity index (χ4v) is 1.93. The van der Waals surface area contributed by atoms with Crippen molar-refractivity contribution in [3.05, 3.63) is 46.8 Å². The van der Waals surface area contributed by atoms with Crippen molar-refractivity contribution in [3.63, 3.8) is 0 Å². The molecule has 1 aromatic carbocycles. The molecular formula is C13H17ClFN. The maximum absolute atomic E-state index is 12.9. The summed E-state index contributed by atoms with van der Waals surface area (Å²) in [6.07, 6.45) is 1.84. The second kappa shape index (κ2) is 6.02. The molecule has 0 aromatic heterocycles. The summed E-state index contributed by atoms with van der Waals surface area (Å²) < 4.78 is 12.9. The highest BCUT2D eigenvalue weighted by molar-refractivity contribution is 6.31. The molecule has 1 atom stereocenters. The first-order valence-corrected chi connectivity index (χ1v) is 5.69. The van der Waals surface area contributed by atoms with Crippen molar-refractivity contribution < 1.29 is 4.39 Å². The smallest absolute Gasteiger partial charge is 0.124 e. The molecule has 0 spiro atoms.